The normalized spacial score (nSPS) is 11.2. The van der Waals surface area contributed by atoms with Crippen LogP contribution in [0.15, 0.2) is 71.6 Å². The van der Waals surface area contributed by atoms with E-state index >= 15 is 0 Å². The van der Waals surface area contributed by atoms with Gasteiger partial charge in [0.1, 0.15) is 6.54 Å². The molecule has 8 heteroatoms. The van der Waals surface area contributed by atoms with Crippen molar-refractivity contribution in [3.63, 3.8) is 0 Å². The summed E-state index contributed by atoms with van der Waals surface area (Å²) >= 11 is 12.1. The summed E-state index contributed by atoms with van der Waals surface area (Å²) in [4.78, 5) is 12.9. The third-order valence-corrected chi connectivity index (χ3v) is 6.79. The van der Waals surface area contributed by atoms with E-state index in [1.807, 2.05) is 19.1 Å². The summed E-state index contributed by atoms with van der Waals surface area (Å²) < 4.78 is 27.9. The van der Waals surface area contributed by atoms with Crippen LogP contribution in [0.3, 0.4) is 0 Å². The van der Waals surface area contributed by atoms with E-state index in [0.29, 0.717) is 21.4 Å². The van der Waals surface area contributed by atoms with Crippen molar-refractivity contribution in [2.75, 3.05) is 16.2 Å². The average molecular weight is 463 g/mol. The van der Waals surface area contributed by atoms with Crippen LogP contribution in [0, 0.1) is 13.8 Å². The van der Waals surface area contributed by atoms with Gasteiger partial charge in [-0.05, 0) is 61.4 Å². The second-order valence-corrected chi connectivity index (χ2v) is 9.49. The highest BCUT2D eigenvalue weighted by molar-refractivity contribution is 7.92. The number of carbonyl (C=O) groups is 1. The van der Waals surface area contributed by atoms with Crippen molar-refractivity contribution in [1.82, 2.24) is 0 Å². The van der Waals surface area contributed by atoms with Gasteiger partial charge in [0, 0.05) is 5.02 Å². The lowest BCUT2D eigenvalue weighted by Gasteiger charge is -2.26. The first-order valence-corrected chi connectivity index (χ1v) is 11.3. The third-order valence-electron chi connectivity index (χ3n) is 4.45. The van der Waals surface area contributed by atoms with Crippen LogP contribution in [0.1, 0.15) is 11.1 Å². The zero-order valence-electron chi connectivity index (χ0n) is 16.4. The number of sulfonamides is 1. The van der Waals surface area contributed by atoms with Crippen molar-refractivity contribution in [1.29, 1.82) is 0 Å². The van der Waals surface area contributed by atoms with E-state index in [-0.39, 0.29) is 4.90 Å². The van der Waals surface area contributed by atoms with Gasteiger partial charge in [0.15, 0.2) is 0 Å². The van der Waals surface area contributed by atoms with E-state index in [1.165, 1.54) is 18.2 Å². The molecule has 0 atom stereocenters. The van der Waals surface area contributed by atoms with Gasteiger partial charge in [-0.1, -0.05) is 53.5 Å². The molecule has 0 spiro atoms. The highest BCUT2D eigenvalue weighted by Gasteiger charge is 2.28. The Labute approximate surface area is 186 Å². The minimum Gasteiger partial charge on any atom is -0.323 e. The average Bonchev–Trinajstić information content (AvgIpc) is 2.71. The van der Waals surface area contributed by atoms with Gasteiger partial charge >= 0.3 is 0 Å². The third kappa shape index (κ3) is 4.95. The number of benzene rings is 3. The molecular weight excluding hydrogens is 443 g/mol. The second kappa shape index (κ2) is 9.08. The smallest absolute Gasteiger partial charge is 0.264 e. The minimum atomic E-state index is -3.99. The highest BCUT2D eigenvalue weighted by atomic mass is 35.5. The zero-order valence-corrected chi connectivity index (χ0v) is 18.7. The molecule has 0 heterocycles. The molecule has 0 aromatic heterocycles. The van der Waals surface area contributed by atoms with Crippen LogP contribution in [0.25, 0.3) is 0 Å². The van der Waals surface area contributed by atoms with E-state index < -0.39 is 22.5 Å². The summed E-state index contributed by atoms with van der Waals surface area (Å²) in [6.45, 7) is 3.24. The Balaban J connectivity index is 2.01. The summed E-state index contributed by atoms with van der Waals surface area (Å²) in [6.07, 6.45) is 0. The molecule has 1 amide bonds. The van der Waals surface area contributed by atoms with E-state index in [2.05, 4.69) is 5.32 Å². The minimum absolute atomic E-state index is 0.0968. The standard InChI is InChI=1S/C22H20Cl2N2O3S/c1-15-8-9-16(2)21(12-15)26(30(28,29)18-6-4-3-5-7-18)14-22(27)25-20-13-17(23)10-11-19(20)24/h3-13H,14H2,1-2H3,(H,25,27). The van der Waals surface area contributed by atoms with Crippen LogP contribution in [0.2, 0.25) is 10.0 Å². The quantitative estimate of drug-likeness (QED) is 0.529. The Bertz CT molecular complexity index is 1180. The van der Waals surface area contributed by atoms with Crippen molar-refractivity contribution >= 4 is 50.5 Å². The first-order valence-electron chi connectivity index (χ1n) is 9.08. The molecule has 0 saturated heterocycles. The number of anilines is 2. The lowest BCUT2D eigenvalue weighted by atomic mass is 10.1. The summed E-state index contributed by atoms with van der Waals surface area (Å²) in [6, 6.07) is 18.1. The number of rotatable bonds is 6. The number of hydrogen-bond donors (Lipinski definition) is 1. The van der Waals surface area contributed by atoms with Gasteiger partial charge in [0.25, 0.3) is 10.0 Å². The topological polar surface area (TPSA) is 66.5 Å². The number of aryl methyl sites for hydroxylation is 2. The maximum atomic E-state index is 13.4. The molecule has 1 N–H and O–H groups in total. The molecule has 3 aromatic carbocycles. The Morgan fingerprint density at radius 3 is 2.37 bits per heavy atom. The Morgan fingerprint density at radius 1 is 0.967 bits per heavy atom. The first kappa shape index (κ1) is 22.2. The molecule has 0 radical (unpaired) electrons. The Morgan fingerprint density at radius 2 is 1.67 bits per heavy atom. The van der Waals surface area contributed by atoms with Crippen LogP contribution in [-0.4, -0.2) is 20.9 Å². The number of amides is 1. The van der Waals surface area contributed by atoms with E-state index in [4.69, 9.17) is 23.2 Å². The Kier molecular flexibility index (Phi) is 6.71. The van der Waals surface area contributed by atoms with E-state index in [9.17, 15) is 13.2 Å². The van der Waals surface area contributed by atoms with Crippen LogP contribution in [0.4, 0.5) is 11.4 Å². The number of carbonyl (C=O) groups excluding carboxylic acids is 1. The fourth-order valence-corrected chi connectivity index (χ4v) is 4.76. The van der Waals surface area contributed by atoms with Crippen molar-refractivity contribution < 1.29 is 13.2 Å². The molecule has 3 rings (SSSR count). The molecule has 156 valence electrons. The maximum absolute atomic E-state index is 13.4. The van der Waals surface area contributed by atoms with Crippen LogP contribution in [0.5, 0.6) is 0 Å². The fraction of sp³-hybridized carbons (Fsp3) is 0.136. The molecule has 30 heavy (non-hydrogen) atoms. The highest BCUT2D eigenvalue weighted by Crippen LogP contribution is 2.29. The molecule has 0 aliphatic rings. The number of halogens is 2. The summed E-state index contributed by atoms with van der Waals surface area (Å²) in [7, 11) is -3.99. The zero-order chi connectivity index (χ0) is 21.9. The van der Waals surface area contributed by atoms with Gasteiger partial charge in [-0.3, -0.25) is 9.10 Å². The lowest BCUT2D eigenvalue weighted by molar-refractivity contribution is -0.114. The molecule has 0 aliphatic heterocycles. The SMILES string of the molecule is Cc1ccc(C)c(N(CC(=O)Nc2cc(Cl)ccc2Cl)S(=O)(=O)c2ccccc2)c1. The summed E-state index contributed by atoms with van der Waals surface area (Å²) in [5.41, 5.74) is 2.36. The molecular formula is C22H20Cl2N2O3S. The molecule has 5 nitrogen and oxygen atoms in total. The summed E-state index contributed by atoms with van der Waals surface area (Å²) in [5.74, 6) is -0.542. The second-order valence-electron chi connectivity index (χ2n) is 6.79. The first-order chi connectivity index (χ1) is 14.2. The van der Waals surface area contributed by atoms with Crippen molar-refractivity contribution in [2.24, 2.45) is 0 Å². The molecule has 0 bridgehead atoms. The number of nitrogens with one attached hydrogen (secondary N) is 1. The molecule has 0 saturated carbocycles. The predicted molar refractivity (Wildman–Crippen MR) is 122 cm³/mol. The van der Waals surface area contributed by atoms with Crippen molar-refractivity contribution in [3.05, 3.63) is 87.9 Å². The number of nitrogens with zero attached hydrogens (tertiary/aromatic N) is 1. The summed E-state index contributed by atoms with van der Waals surface area (Å²) in [5, 5.41) is 3.35. The van der Waals surface area contributed by atoms with Gasteiger partial charge in [0.2, 0.25) is 5.91 Å². The van der Waals surface area contributed by atoms with Gasteiger partial charge in [-0.2, -0.15) is 0 Å². The predicted octanol–water partition coefficient (Wildman–Crippen LogP) is 5.44. The monoisotopic (exact) mass is 462 g/mol. The van der Waals surface area contributed by atoms with Crippen LogP contribution < -0.4 is 9.62 Å². The number of hydrogen-bond acceptors (Lipinski definition) is 3. The maximum Gasteiger partial charge on any atom is 0.264 e. The van der Waals surface area contributed by atoms with E-state index in [0.717, 1.165) is 15.4 Å². The largest absolute Gasteiger partial charge is 0.323 e. The molecule has 0 fully saturated rings. The van der Waals surface area contributed by atoms with Gasteiger partial charge in [-0.15, -0.1) is 0 Å². The van der Waals surface area contributed by atoms with Gasteiger partial charge in [0.05, 0.1) is 21.3 Å². The van der Waals surface area contributed by atoms with Gasteiger partial charge in [-0.25, -0.2) is 8.42 Å². The molecule has 3 aromatic rings. The Hall–Kier alpha value is -2.54. The van der Waals surface area contributed by atoms with Crippen molar-refractivity contribution in [3.8, 4) is 0 Å². The van der Waals surface area contributed by atoms with Crippen LogP contribution in [-0.2, 0) is 14.8 Å². The van der Waals surface area contributed by atoms with Crippen LogP contribution >= 0.6 is 23.2 Å². The molecule has 0 unspecified atom stereocenters. The lowest BCUT2D eigenvalue weighted by Crippen LogP contribution is -2.38. The van der Waals surface area contributed by atoms with E-state index in [1.54, 1.807) is 43.3 Å². The van der Waals surface area contributed by atoms with Crippen molar-refractivity contribution in [2.45, 2.75) is 18.7 Å². The molecule has 0 aliphatic carbocycles. The van der Waals surface area contributed by atoms with Gasteiger partial charge < -0.3 is 5.32 Å². The fourth-order valence-electron chi connectivity index (χ4n) is 2.92.